The van der Waals surface area contributed by atoms with E-state index in [1.54, 1.807) is 27.3 Å². The van der Waals surface area contributed by atoms with E-state index in [9.17, 15) is 4.79 Å². The number of anilines is 2. The summed E-state index contributed by atoms with van der Waals surface area (Å²) in [7, 11) is 5.05. The Kier molecular flexibility index (Phi) is 5.24. The zero-order chi connectivity index (χ0) is 24.0. The summed E-state index contributed by atoms with van der Waals surface area (Å²) in [4.78, 5) is 15.8. The lowest BCUT2D eigenvalue weighted by molar-refractivity contribution is 0.172. The maximum Gasteiger partial charge on any atom is 0.414 e. The molecule has 1 N–H and O–H groups in total. The Bertz CT molecular complexity index is 1310. The molecule has 6 heteroatoms. The number of hydrogen-bond donors (Lipinski definition) is 1. The molecule has 2 aliphatic rings. The van der Waals surface area contributed by atoms with Crippen molar-refractivity contribution in [2.75, 3.05) is 31.4 Å². The summed E-state index contributed by atoms with van der Waals surface area (Å²) in [5, 5.41) is 3.67. The van der Waals surface area contributed by atoms with E-state index in [0.717, 1.165) is 33.9 Å². The molecule has 0 aliphatic carbocycles. The summed E-state index contributed by atoms with van der Waals surface area (Å²) < 4.78 is 11.2. The number of ether oxygens (including phenoxy) is 2. The van der Waals surface area contributed by atoms with E-state index in [4.69, 9.17) is 9.47 Å². The second kappa shape index (κ2) is 8.13. The van der Waals surface area contributed by atoms with Crippen LogP contribution in [0.25, 0.3) is 16.8 Å². The van der Waals surface area contributed by atoms with Gasteiger partial charge in [-0.05, 0) is 55.3 Å². The highest BCUT2D eigenvalue weighted by Crippen LogP contribution is 2.49. The van der Waals surface area contributed by atoms with Crippen LogP contribution in [0.15, 0.2) is 66.7 Å². The molecule has 0 fully saturated rings. The normalized spacial score (nSPS) is 15.2. The van der Waals surface area contributed by atoms with Gasteiger partial charge in [0.1, 0.15) is 11.5 Å². The van der Waals surface area contributed by atoms with Crippen LogP contribution in [0.1, 0.15) is 25.0 Å². The maximum absolute atomic E-state index is 12.1. The fourth-order valence-corrected chi connectivity index (χ4v) is 4.72. The first-order valence-electron chi connectivity index (χ1n) is 11.3. The highest BCUT2D eigenvalue weighted by molar-refractivity contribution is 5.97. The molecule has 0 unspecified atom stereocenters. The summed E-state index contributed by atoms with van der Waals surface area (Å²) in [6, 6.07) is 20.2. The topological polar surface area (TPSA) is 54.0 Å². The van der Waals surface area contributed by atoms with Crippen LogP contribution < -0.4 is 19.7 Å². The molecule has 3 aromatic carbocycles. The van der Waals surface area contributed by atoms with E-state index in [2.05, 4.69) is 54.4 Å². The third kappa shape index (κ3) is 3.75. The molecule has 0 bridgehead atoms. The predicted molar refractivity (Wildman–Crippen MR) is 136 cm³/mol. The van der Waals surface area contributed by atoms with Crippen molar-refractivity contribution in [3.8, 4) is 22.6 Å². The van der Waals surface area contributed by atoms with Gasteiger partial charge in [0.25, 0.3) is 0 Å². The van der Waals surface area contributed by atoms with Crippen molar-refractivity contribution in [2.24, 2.45) is 0 Å². The van der Waals surface area contributed by atoms with Crippen LogP contribution in [0.5, 0.6) is 11.5 Å². The number of carbonyl (C=O) groups is 1. The van der Waals surface area contributed by atoms with Gasteiger partial charge in [0.2, 0.25) is 0 Å². The average molecular weight is 456 g/mol. The summed E-state index contributed by atoms with van der Waals surface area (Å²) >= 11 is 0. The molecule has 6 nitrogen and oxygen atoms in total. The first kappa shape index (κ1) is 21.9. The zero-order valence-corrected chi connectivity index (χ0v) is 20.2. The zero-order valence-electron chi connectivity index (χ0n) is 20.2. The minimum absolute atomic E-state index is 0.205. The molecule has 3 aromatic rings. The quantitative estimate of drug-likeness (QED) is 0.524. The van der Waals surface area contributed by atoms with E-state index in [-0.39, 0.29) is 5.54 Å². The predicted octanol–water partition coefficient (Wildman–Crippen LogP) is 5.99. The standard InChI is InChI=1S/C28H29N3O3/c1-28(2)16-24-26-22(17-31(24)18-9-8-10-19(15-18)34-27(32)30(3)4)20(13-14-23(26)29-28)21-11-6-7-12-25(21)33-5/h6-16,29H,17H2,1-5H3. The lowest BCUT2D eigenvalue weighted by Gasteiger charge is -2.33. The molecule has 2 heterocycles. The second-order valence-electron chi connectivity index (χ2n) is 9.44. The average Bonchev–Trinajstić information content (AvgIpc) is 3.18. The Morgan fingerprint density at radius 1 is 1.03 bits per heavy atom. The number of benzene rings is 3. The fraction of sp³-hybridized carbons (Fsp3) is 0.250. The van der Waals surface area contributed by atoms with Gasteiger partial charge in [-0.25, -0.2) is 4.79 Å². The number of nitrogens with zero attached hydrogens (tertiary/aromatic N) is 2. The number of hydrogen-bond acceptors (Lipinski definition) is 5. The van der Waals surface area contributed by atoms with E-state index >= 15 is 0 Å². The lowest BCUT2D eigenvalue weighted by atomic mass is 9.89. The SMILES string of the molecule is COc1ccccc1-c1ccc2c3c1CN(c1cccc(OC(=O)N(C)C)c1)C3=CC(C)(C)N2. The molecule has 0 saturated heterocycles. The van der Waals surface area contributed by atoms with Gasteiger partial charge in [-0.15, -0.1) is 0 Å². The van der Waals surface area contributed by atoms with Crippen molar-refractivity contribution in [3.05, 3.63) is 77.9 Å². The minimum atomic E-state index is -0.398. The summed E-state index contributed by atoms with van der Waals surface area (Å²) in [6.07, 6.45) is 1.88. The van der Waals surface area contributed by atoms with Crippen LogP contribution in [-0.2, 0) is 6.54 Å². The van der Waals surface area contributed by atoms with Gasteiger partial charge >= 0.3 is 6.09 Å². The van der Waals surface area contributed by atoms with Crippen LogP contribution in [0.2, 0.25) is 0 Å². The van der Waals surface area contributed by atoms with Gasteiger partial charge in [0.05, 0.1) is 12.6 Å². The van der Waals surface area contributed by atoms with Gasteiger partial charge in [-0.2, -0.15) is 0 Å². The lowest BCUT2D eigenvalue weighted by Crippen LogP contribution is -2.33. The van der Waals surface area contributed by atoms with Crippen LogP contribution in [0, 0.1) is 0 Å². The monoisotopic (exact) mass is 455 g/mol. The van der Waals surface area contributed by atoms with E-state index in [1.165, 1.54) is 16.0 Å². The third-order valence-electron chi connectivity index (χ3n) is 6.23. The van der Waals surface area contributed by atoms with Gasteiger partial charge in [0, 0.05) is 54.9 Å². The number of rotatable bonds is 4. The molecule has 0 atom stereocenters. The number of para-hydroxylation sites is 1. The summed E-state index contributed by atoms with van der Waals surface area (Å²) in [6.45, 7) is 5.04. The fourth-order valence-electron chi connectivity index (χ4n) is 4.72. The van der Waals surface area contributed by atoms with E-state index < -0.39 is 6.09 Å². The van der Waals surface area contributed by atoms with E-state index in [0.29, 0.717) is 12.3 Å². The number of methoxy groups -OCH3 is 1. The van der Waals surface area contributed by atoms with Gasteiger partial charge in [-0.1, -0.05) is 30.3 Å². The van der Waals surface area contributed by atoms with Crippen LogP contribution >= 0.6 is 0 Å². The van der Waals surface area contributed by atoms with Crippen molar-refractivity contribution < 1.29 is 14.3 Å². The number of nitrogens with one attached hydrogen (secondary N) is 1. The van der Waals surface area contributed by atoms with Crippen molar-refractivity contribution in [1.82, 2.24) is 4.90 Å². The van der Waals surface area contributed by atoms with Crippen LogP contribution in [0.3, 0.4) is 0 Å². The van der Waals surface area contributed by atoms with E-state index in [1.807, 2.05) is 30.3 Å². The molecule has 0 radical (unpaired) electrons. The Morgan fingerprint density at radius 3 is 2.59 bits per heavy atom. The Labute approximate surface area is 200 Å². The smallest absolute Gasteiger partial charge is 0.414 e. The Morgan fingerprint density at radius 2 is 1.82 bits per heavy atom. The van der Waals surface area contributed by atoms with Crippen molar-refractivity contribution in [3.63, 3.8) is 0 Å². The molecule has 0 aromatic heterocycles. The summed E-state index contributed by atoms with van der Waals surface area (Å²) in [5.41, 5.74) is 7.72. The Hall–Kier alpha value is -3.93. The number of carbonyl (C=O) groups excluding carboxylic acids is 1. The largest absolute Gasteiger partial charge is 0.496 e. The third-order valence-corrected chi connectivity index (χ3v) is 6.23. The van der Waals surface area contributed by atoms with Gasteiger partial charge in [0.15, 0.2) is 0 Å². The highest BCUT2D eigenvalue weighted by atomic mass is 16.6. The van der Waals surface area contributed by atoms with Crippen molar-refractivity contribution in [2.45, 2.75) is 25.9 Å². The van der Waals surface area contributed by atoms with Crippen LogP contribution in [-0.4, -0.2) is 37.7 Å². The first-order chi connectivity index (χ1) is 16.3. The molecule has 0 saturated carbocycles. The van der Waals surface area contributed by atoms with Crippen molar-refractivity contribution >= 4 is 23.2 Å². The van der Waals surface area contributed by atoms with Crippen molar-refractivity contribution in [1.29, 1.82) is 0 Å². The number of amides is 1. The molecular formula is C28H29N3O3. The second-order valence-corrected chi connectivity index (χ2v) is 9.44. The van der Waals surface area contributed by atoms with Gasteiger partial charge < -0.3 is 24.6 Å². The summed E-state index contributed by atoms with van der Waals surface area (Å²) in [5.74, 6) is 1.37. The van der Waals surface area contributed by atoms with Gasteiger partial charge in [-0.3, -0.25) is 0 Å². The molecule has 1 amide bonds. The molecule has 5 rings (SSSR count). The molecule has 174 valence electrons. The molecule has 34 heavy (non-hydrogen) atoms. The highest BCUT2D eigenvalue weighted by Gasteiger charge is 2.36. The molecule has 0 spiro atoms. The maximum atomic E-state index is 12.1. The van der Waals surface area contributed by atoms with Crippen LogP contribution in [0.4, 0.5) is 16.2 Å². The first-order valence-corrected chi connectivity index (χ1v) is 11.3. The molecular weight excluding hydrogens is 426 g/mol. The molecule has 2 aliphatic heterocycles. The minimum Gasteiger partial charge on any atom is -0.496 e. The Balaban J connectivity index is 1.62.